The van der Waals surface area contributed by atoms with Gasteiger partial charge in [0.15, 0.2) is 17.5 Å². The summed E-state index contributed by atoms with van der Waals surface area (Å²) in [6.45, 7) is 6.06. The average Bonchev–Trinajstić information content (AvgIpc) is 3.20. The lowest BCUT2D eigenvalue weighted by Gasteiger charge is -2.22. The lowest BCUT2D eigenvalue weighted by molar-refractivity contribution is 0.0699. The van der Waals surface area contributed by atoms with Gasteiger partial charge in [0.2, 0.25) is 0 Å². The van der Waals surface area contributed by atoms with Crippen LogP contribution in [0.2, 0.25) is 0 Å². The second-order valence-corrected chi connectivity index (χ2v) is 8.74. The number of aliphatic hydroxyl groups excluding tert-OH is 1. The SMILES string of the molecule is CNCC(O)COc1cccc(-c2nc(NCC3CCOCC3)c(F)c(-c3c(C)noc3C)n2)c1. The van der Waals surface area contributed by atoms with Gasteiger partial charge in [-0.25, -0.2) is 14.4 Å². The van der Waals surface area contributed by atoms with E-state index < -0.39 is 11.9 Å². The normalized spacial score (nSPS) is 15.2. The number of aryl methyl sites for hydroxylation is 2. The molecule has 35 heavy (non-hydrogen) atoms. The highest BCUT2D eigenvalue weighted by atomic mass is 19.1. The first kappa shape index (κ1) is 25.0. The summed E-state index contributed by atoms with van der Waals surface area (Å²) in [6.07, 6.45) is 1.20. The quantitative estimate of drug-likeness (QED) is 0.398. The minimum Gasteiger partial charge on any atom is -0.491 e. The van der Waals surface area contributed by atoms with Crippen LogP contribution in [0, 0.1) is 25.6 Å². The molecule has 0 amide bonds. The molecular weight excluding hydrogens is 453 g/mol. The third kappa shape index (κ3) is 6.14. The van der Waals surface area contributed by atoms with Gasteiger partial charge in [0.25, 0.3) is 0 Å². The molecule has 10 heteroatoms. The molecule has 188 valence electrons. The molecule has 3 aromatic rings. The molecular formula is C25H32FN5O4. The van der Waals surface area contributed by atoms with E-state index in [1.165, 1.54) is 0 Å². The van der Waals surface area contributed by atoms with Crippen LogP contribution in [0.1, 0.15) is 24.3 Å². The third-order valence-corrected chi connectivity index (χ3v) is 5.99. The summed E-state index contributed by atoms with van der Waals surface area (Å²) in [4.78, 5) is 9.09. The number of aliphatic hydroxyl groups is 1. The maximum Gasteiger partial charge on any atom is 0.191 e. The van der Waals surface area contributed by atoms with Gasteiger partial charge in [-0.15, -0.1) is 0 Å². The first-order valence-electron chi connectivity index (χ1n) is 11.8. The summed E-state index contributed by atoms with van der Waals surface area (Å²) in [5.74, 6) is 1.35. The number of ether oxygens (including phenoxy) is 2. The number of hydrogen-bond donors (Lipinski definition) is 3. The van der Waals surface area contributed by atoms with Crippen molar-refractivity contribution in [1.29, 1.82) is 0 Å². The number of nitrogens with one attached hydrogen (secondary N) is 2. The van der Waals surface area contributed by atoms with Crippen LogP contribution in [-0.4, -0.2) is 66.3 Å². The molecule has 0 aliphatic carbocycles. The minimum atomic E-state index is -0.641. The molecule has 1 aliphatic heterocycles. The molecule has 1 aliphatic rings. The van der Waals surface area contributed by atoms with Gasteiger partial charge in [-0.1, -0.05) is 17.3 Å². The molecule has 1 fully saturated rings. The molecule has 1 saturated heterocycles. The van der Waals surface area contributed by atoms with E-state index in [0.717, 1.165) is 12.8 Å². The number of rotatable bonds is 10. The number of nitrogens with zero attached hydrogens (tertiary/aromatic N) is 3. The Balaban J connectivity index is 1.67. The van der Waals surface area contributed by atoms with Crippen molar-refractivity contribution in [2.75, 3.05) is 45.3 Å². The Morgan fingerprint density at radius 3 is 2.74 bits per heavy atom. The van der Waals surface area contributed by atoms with E-state index in [2.05, 4.69) is 25.8 Å². The van der Waals surface area contributed by atoms with Crippen LogP contribution < -0.4 is 15.4 Å². The fourth-order valence-corrected chi connectivity index (χ4v) is 4.08. The molecule has 0 spiro atoms. The highest BCUT2D eigenvalue weighted by Gasteiger charge is 2.24. The van der Waals surface area contributed by atoms with Gasteiger partial charge in [0, 0.05) is 31.9 Å². The van der Waals surface area contributed by atoms with Crippen LogP contribution in [0.4, 0.5) is 10.2 Å². The van der Waals surface area contributed by atoms with Crippen molar-refractivity contribution in [1.82, 2.24) is 20.4 Å². The van der Waals surface area contributed by atoms with Crippen LogP contribution in [0.15, 0.2) is 28.8 Å². The van der Waals surface area contributed by atoms with Crippen molar-refractivity contribution in [3.63, 3.8) is 0 Å². The van der Waals surface area contributed by atoms with Crippen LogP contribution in [0.3, 0.4) is 0 Å². The molecule has 1 atom stereocenters. The van der Waals surface area contributed by atoms with E-state index >= 15 is 4.39 Å². The molecule has 4 rings (SSSR count). The molecule has 3 heterocycles. The minimum absolute atomic E-state index is 0.132. The van der Waals surface area contributed by atoms with E-state index in [4.69, 9.17) is 14.0 Å². The monoisotopic (exact) mass is 485 g/mol. The Labute approximate surface area is 204 Å². The number of benzene rings is 1. The van der Waals surface area contributed by atoms with E-state index in [-0.39, 0.29) is 18.1 Å². The second kappa shape index (κ2) is 11.6. The first-order chi connectivity index (χ1) is 17.0. The van der Waals surface area contributed by atoms with Crippen molar-refractivity contribution in [2.24, 2.45) is 5.92 Å². The zero-order valence-corrected chi connectivity index (χ0v) is 20.3. The summed E-state index contributed by atoms with van der Waals surface area (Å²) in [6, 6.07) is 7.22. The van der Waals surface area contributed by atoms with Gasteiger partial charge in [0.1, 0.15) is 29.9 Å². The standard InChI is InChI=1S/C25H32FN5O4/c1-15-21(16(2)35-31-15)23-22(26)25(28-12-17-7-9-33-10-8-17)30-24(29-23)18-5-4-6-20(11-18)34-14-19(32)13-27-3/h4-6,11,17,19,27,32H,7-10,12-14H2,1-3H3,(H,28,29,30). The van der Waals surface area contributed by atoms with Gasteiger partial charge in [-0.2, -0.15) is 0 Å². The van der Waals surface area contributed by atoms with Crippen molar-refractivity contribution in [3.05, 3.63) is 41.5 Å². The Morgan fingerprint density at radius 2 is 2.03 bits per heavy atom. The summed E-state index contributed by atoms with van der Waals surface area (Å²) in [5.41, 5.74) is 1.86. The van der Waals surface area contributed by atoms with Crippen molar-refractivity contribution >= 4 is 5.82 Å². The number of halogens is 1. The van der Waals surface area contributed by atoms with Gasteiger partial charge in [-0.05, 0) is 51.8 Å². The topological polar surface area (TPSA) is 115 Å². The Hall–Kier alpha value is -3.08. The molecule has 1 aromatic carbocycles. The molecule has 9 nitrogen and oxygen atoms in total. The fourth-order valence-electron chi connectivity index (χ4n) is 4.08. The third-order valence-electron chi connectivity index (χ3n) is 5.99. The van der Waals surface area contributed by atoms with Crippen LogP contribution >= 0.6 is 0 Å². The lowest BCUT2D eigenvalue weighted by atomic mass is 10.0. The van der Waals surface area contributed by atoms with Gasteiger partial charge >= 0.3 is 0 Å². The summed E-state index contributed by atoms with van der Waals surface area (Å²) < 4.78 is 32.1. The smallest absolute Gasteiger partial charge is 0.191 e. The predicted octanol–water partition coefficient (Wildman–Crippen LogP) is 3.35. The maximum absolute atomic E-state index is 15.7. The molecule has 2 aromatic heterocycles. The number of anilines is 1. The highest BCUT2D eigenvalue weighted by Crippen LogP contribution is 2.33. The van der Waals surface area contributed by atoms with Crippen molar-refractivity contribution in [2.45, 2.75) is 32.8 Å². The summed E-state index contributed by atoms with van der Waals surface area (Å²) in [5, 5.41) is 20.0. The van der Waals surface area contributed by atoms with Crippen molar-refractivity contribution in [3.8, 4) is 28.4 Å². The Bertz CT molecular complexity index is 1110. The molecule has 3 N–H and O–H groups in total. The molecule has 1 unspecified atom stereocenters. The van der Waals surface area contributed by atoms with Crippen molar-refractivity contribution < 1.29 is 23.5 Å². The van der Waals surface area contributed by atoms with Crippen LogP contribution in [0.25, 0.3) is 22.6 Å². The zero-order chi connectivity index (χ0) is 24.8. The first-order valence-corrected chi connectivity index (χ1v) is 11.8. The number of aromatic nitrogens is 3. The maximum atomic E-state index is 15.7. The molecule has 0 bridgehead atoms. The van der Waals surface area contributed by atoms with E-state index in [1.54, 1.807) is 33.0 Å². The fraction of sp³-hybridized carbons (Fsp3) is 0.480. The molecule has 0 saturated carbocycles. The van der Waals surface area contributed by atoms with Crippen LogP contribution in [0.5, 0.6) is 5.75 Å². The summed E-state index contributed by atoms with van der Waals surface area (Å²) in [7, 11) is 1.76. The van der Waals surface area contributed by atoms with Gasteiger partial charge < -0.3 is 29.7 Å². The predicted molar refractivity (Wildman–Crippen MR) is 130 cm³/mol. The van der Waals surface area contributed by atoms with Crippen LogP contribution in [-0.2, 0) is 4.74 Å². The van der Waals surface area contributed by atoms with Gasteiger partial charge in [0.05, 0.1) is 11.3 Å². The Kier molecular flexibility index (Phi) is 8.27. The highest BCUT2D eigenvalue weighted by molar-refractivity contribution is 5.71. The Morgan fingerprint density at radius 1 is 1.23 bits per heavy atom. The van der Waals surface area contributed by atoms with E-state index in [9.17, 15) is 5.11 Å². The number of likely N-dealkylation sites (N-methyl/N-ethyl adjacent to an activating group) is 1. The molecule has 0 radical (unpaired) electrons. The zero-order valence-electron chi connectivity index (χ0n) is 20.3. The average molecular weight is 486 g/mol. The summed E-state index contributed by atoms with van der Waals surface area (Å²) >= 11 is 0. The van der Waals surface area contributed by atoms with E-state index in [0.29, 0.717) is 66.4 Å². The largest absolute Gasteiger partial charge is 0.491 e. The van der Waals surface area contributed by atoms with Gasteiger partial charge in [-0.3, -0.25) is 0 Å². The second-order valence-electron chi connectivity index (χ2n) is 8.74. The van der Waals surface area contributed by atoms with E-state index in [1.807, 2.05) is 12.1 Å². The number of hydrogen-bond acceptors (Lipinski definition) is 9. The lowest BCUT2D eigenvalue weighted by Crippen LogP contribution is -2.29.